The van der Waals surface area contributed by atoms with E-state index in [0.717, 1.165) is 10.5 Å². The number of carbonyl (C=O) groups is 2. The van der Waals surface area contributed by atoms with E-state index in [1.54, 1.807) is 6.07 Å². The Morgan fingerprint density at radius 2 is 1.82 bits per heavy atom. The Balaban J connectivity index is 2.25. The van der Waals surface area contributed by atoms with Crippen LogP contribution in [-0.2, 0) is 22.7 Å². The molecular formula is C12H13FN2O2. The number of rotatable bonds is 3. The van der Waals surface area contributed by atoms with Crippen molar-refractivity contribution in [2.24, 2.45) is 5.73 Å². The van der Waals surface area contributed by atoms with E-state index in [1.807, 2.05) is 0 Å². The number of amides is 2. The molecule has 1 fully saturated rings. The average molecular weight is 236 g/mol. The third-order valence-electron chi connectivity index (χ3n) is 2.87. The van der Waals surface area contributed by atoms with Gasteiger partial charge in [-0.15, -0.1) is 0 Å². The van der Waals surface area contributed by atoms with E-state index in [2.05, 4.69) is 0 Å². The van der Waals surface area contributed by atoms with Crippen molar-refractivity contribution in [3.8, 4) is 0 Å². The Hall–Kier alpha value is -1.75. The number of hydrogen-bond acceptors (Lipinski definition) is 3. The van der Waals surface area contributed by atoms with Crippen molar-refractivity contribution in [2.75, 3.05) is 0 Å². The van der Waals surface area contributed by atoms with Crippen molar-refractivity contribution in [1.82, 2.24) is 4.90 Å². The molecule has 0 radical (unpaired) electrons. The van der Waals surface area contributed by atoms with Gasteiger partial charge in [-0.05, 0) is 23.3 Å². The lowest BCUT2D eigenvalue weighted by Gasteiger charge is -2.16. The smallest absolute Gasteiger partial charge is 0.229 e. The van der Waals surface area contributed by atoms with E-state index in [0.29, 0.717) is 5.56 Å². The molecule has 0 unspecified atom stereocenters. The predicted octanol–water partition coefficient (Wildman–Crippen LogP) is 0.933. The zero-order valence-electron chi connectivity index (χ0n) is 9.28. The van der Waals surface area contributed by atoms with Gasteiger partial charge in [0.25, 0.3) is 0 Å². The lowest BCUT2D eigenvalue weighted by atomic mass is 10.1. The lowest BCUT2D eigenvalue weighted by Crippen LogP contribution is -2.29. The van der Waals surface area contributed by atoms with Crippen LogP contribution in [0.2, 0.25) is 0 Å². The Bertz CT molecular complexity index is 458. The van der Waals surface area contributed by atoms with Crippen LogP contribution < -0.4 is 5.73 Å². The maximum Gasteiger partial charge on any atom is 0.229 e. The second-order valence-electron chi connectivity index (χ2n) is 3.99. The fourth-order valence-electron chi connectivity index (χ4n) is 1.91. The molecule has 0 atom stereocenters. The minimum Gasteiger partial charge on any atom is -0.326 e. The molecule has 2 rings (SSSR count). The van der Waals surface area contributed by atoms with E-state index < -0.39 is 5.82 Å². The molecule has 5 heteroatoms. The third-order valence-corrected chi connectivity index (χ3v) is 2.87. The van der Waals surface area contributed by atoms with Crippen molar-refractivity contribution in [2.45, 2.75) is 25.9 Å². The van der Waals surface area contributed by atoms with Gasteiger partial charge in [-0.25, -0.2) is 4.39 Å². The molecule has 1 aliphatic rings. The molecule has 17 heavy (non-hydrogen) atoms. The highest BCUT2D eigenvalue weighted by atomic mass is 19.1. The van der Waals surface area contributed by atoms with Crippen LogP contribution in [0.4, 0.5) is 4.39 Å². The molecule has 0 bridgehead atoms. The van der Waals surface area contributed by atoms with Crippen molar-refractivity contribution in [3.05, 3.63) is 35.1 Å². The van der Waals surface area contributed by atoms with Gasteiger partial charge in [-0.3, -0.25) is 14.5 Å². The van der Waals surface area contributed by atoms with Crippen molar-refractivity contribution in [3.63, 3.8) is 0 Å². The van der Waals surface area contributed by atoms with Gasteiger partial charge in [0.1, 0.15) is 5.82 Å². The largest absolute Gasteiger partial charge is 0.326 e. The first-order valence-electron chi connectivity index (χ1n) is 5.42. The number of likely N-dealkylation sites (tertiary alicyclic amines) is 1. The van der Waals surface area contributed by atoms with Crippen molar-refractivity contribution in [1.29, 1.82) is 0 Å². The summed E-state index contributed by atoms with van der Waals surface area (Å²) in [7, 11) is 0. The standard InChI is InChI=1S/C12H13FN2O2/c13-10-2-1-8(6-14)9(5-10)7-15-11(16)3-4-12(15)17/h1-2,5H,3-4,6-7,14H2. The SMILES string of the molecule is NCc1ccc(F)cc1CN1C(=O)CCC1=O. The van der Waals surface area contributed by atoms with Crippen LogP contribution in [0.3, 0.4) is 0 Å². The highest BCUT2D eigenvalue weighted by Gasteiger charge is 2.29. The summed E-state index contributed by atoms with van der Waals surface area (Å²) in [6.45, 7) is 0.369. The van der Waals surface area contributed by atoms with E-state index in [1.165, 1.54) is 12.1 Å². The molecule has 0 aliphatic carbocycles. The number of imide groups is 1. The quantitative estimate of drug-likeness (QED) is 0.794. The zero-order chi connectivity index (χ0) is 12.4. The van der Waals surface area contributed by atoms with Gasteiger partial charge < -0.3 is 5.73 Å². The molecule has 1 aromatic carbocycles. The van der Waals surface area contributed by atoms with Crippen LogP contribution in [0, 0.1) is 5.82 Å². The first-order valence-corrected chi connectivity index (χ1v) is 5.42. The summed E-state index contributed by atoms with van der Waals surface area (Å²) >= 11 is 0. The van der Waals surface area contributed by atoms with Gasteiger partial charge >= 0.3 is 0 Å². The van der Waals surface area contributed by atoms with Crippen LogP contribution in [0.25, 0.3) is 0 Å². The van der Waals surface area contributed by atoms with Crippen LogP contribution in [0.15, 0.2) is 18.2 Å². The number of carbonyl (C=O) groups excluding carboxylic acids is 2. The molecule has 2 amide bonds. The minimum atomic E-state index is -0.392. The number of halogens is 1. The maximum atomic E-state index is 13.1. The predicted molar refractivity (Wildman–Crippen MR) is 59.1 cm³/mol. The Morgan fingerprint density at radius 1 is 1.18 bits per heavy atom. The number of nitrogens with zero attached hydrogens (tertiary/aromatic N) is 1. The van der Waals surface area contributed by atoms with Gasteiger partial charge in [-0.1, -0.05) is 6.07 Å². The van der Waals surface area contributed by atoms with E-state index in [4.69, 9.17) is 5.73 Å². The van der Waals surface area contributed by atoms with Gasteiger partial charge in [0, 0.05) is 19.4 Å². The molecule has 0 aromatic heterocycles. The maximum absolute atomic E-state index is 13.1. The molecule has 4 nitrogen and oxygen atoms in total. The van der Waals surface area contributed by atoms with Gasteiger partial charge in [0.2, 0.25) is 11.8 Å². The highest BCUT2D eigenvalue weighted by Crippen LogP contribution is 2.19. The average Bonchev–Trinajstić information content (AvgIpc) is 2.61. The Morgan fingerprint density at radius 3 is 2.41 bits per heavy atom. The monoisotopic (exact) mass is 236 g/mol. The highest BCUT2D eigenvalue weighted by molar-refractivity contribution is 6.01. The Kier molecular flexibility index (Phi) is 3.19. The van der Waals surface area contributed by atoms with Crippen LogP contribution >= 0.6 is 0 Å². The topological polar surface area (TPSA) is 63.4 Å². The molecule has 1 aromatic rings. The number of hydrogen-bond donors (Lipinski definition) is 1. The fourth-order valence-corrected chi connectivity index (χ4v) is 1.91. The summed E-state index contributed by atoms with van der Waals surface area (Å²) in [5.41, 5.74) is 6.88. The first kappa shape index (κ1) is 11.7. The summed E-state index contributed by atoms with van der Waals surface area (Å²) in [6, 6.07) is 4.22. The molecule has 0 saturated carbocycles. The van der Waals surface area contributed by atoms with Gasteiger partial charge in [-0.2, -0.15) is 0 Å². The van der Waals surface area contributed by atoms with Crippen molar-refractivity contribution >= 4 is 11.8 Å². The van der Waals surface area contributed by atoms with Crippen LogP contribution in [0.5, 0.6) is 0 Å². The molecule has 1 saturated heterocycles. The lowest BCUT2D eigenvalue weighted by molar-refractivity contribution is -0.139. The summed E-state index contributed by atoms with van der Waals surface area (Å²) in [5.74, 6) is -0.805. The summed E-state index contributed by atoms with van der Waals surface area (Å²) < 4.78 is 13.1. The second-order valence-corrected chi connectivity index (χ2v) is 3.99. The molecule has 1 heterocycles. The molecule has 0 spiro atoms. The molecule has 1 aliphatic heterocycles. The third kappa shape index (κ3) is 2.34. The van der Waals surface area contributed by atoms with Gasteiger partial charge in [0.05, 0.1) is 6.54 Å². The number of nitrogens with two attached hydrogens (primary N) is 1. The summed E-state index contributed by atoms with van der Waals surface area (Å²) in [5, 5.41) is 0. The van der Waals surface area contributed by atoms with E-state index >= 15 is 0 Å². The Labute approximate surface area is 98.2 Å². The fraction of sp³-hybridized carbons (Fsp3) is 0.333. The molecular weight excluding hydrogens is 223 g/mol. The molecule has 2 N–H and O–H groups in total. The van der Waals surface area contributed by atoms with Crippen LogP contribution in [-0.4, -0.2) is 16.7 Å². The zero-order valence-corrected chi connectivity index (χ0v) is 9.28. The van der Waals surface area contributed by atoms with Gasteiger partial charge in [0.15, 0.2) is 0 Å². The molecule has 90 valence electrons. The second kappa shape index (κ2) is 4.63. The number of benzene rings is 1. The summed E-state index contributed by atoms with van der Waals surface area (Å²) in [6.07, 6.45) is 0.484. The minimum absolute atomic E-state index is 0.113. The summed E-state index contributed by atoms with van der Waals surface area (Å²) in [4.78, 5) is 24.1. The van der Waals surface area contributed by atoms with E-state index in [-0.39, 0.29) is 37.7 Å². The van der Waals surface area contributed by atoms with E-state index in [9.17, 15) is 14.0 Å². The van der Waals surface area contributed by atoms with Crippen molar-refractivity contribution < 1.29 is 14.0 Å². The first-order chi connectivity index (χ1) is 8.11. The van der Waals surface area contributed by atoms with Crippen LogP contribution in [0.1, 0.15) is 24.0 Å². The normalized spacial score (nSPS) is 15.8.